The van der Waals surface area contributed by atoms with Crippen LogP contribution in [-0.4, -0.2) is 28.9 Å². The molecule has 2 N–H and O–H groups in total. The third kappa shape index (κ3) is 6.02. The van der Waals surface area contributed by atoms with Crippen molar-refractivity contribution in [2.75, 3.05) is 6.61 Å². The van der Waals surface area contributed by atoms with Gasteiger partial charge in [0.1, 0.15) is 12.4 Å². The number of carbonyl (C=O) groups is 1. The highest BCUT2D eigenvalue weighted by molar-refractivity contribution is 14.1. The van der Waals surface area contributed by atoms with E-state index < -0.39 is 12.1 Å². The summed E-state index contributed by atoms with van der Waals surface area (Å²) in [7, 11) is 0. The van der Waals surface area contributed by atoms with Crippen molar-refractivity contribution in [2.45, 2.75) is 19.4 Å². The Morgan fingerprint density at radius 2 is 1.90 bits per heavy atom. The Morgan fingerprint density at radius 1 is 1.35 bits per heavy atom. The van der Waals surface area contributed by atoms with Gasteiger partial charge in [-0.25, -0.2) is 4.79 Å². The van der Waals surface area contributed by atoms with Crippen LogP contribution >= 0.6 is 67.8 Å². The van der Waals surface area contributed by atoms with Gasteiger partial charge in [0.05, 0.1) is 13.2 Å². The second kappa shape index (κ2) is 8.73. The molecule has 0 heterocycles. The summed E-state index contributed by atoms with van der Waals surface area (Å²) in [5.41, 5.74) is 0.225. The lowest BCUT2D eigenvalue weighted by Crippen LogP contribution is -2.18. The number of aliphatic carboxylic acids is 1. The van der Waals surface area contributed by atoms with Gasteiger partial charge in [-0.15, -0.1) is 0 Å². The molecule has 4 nitrogen and oxygen atoms in total. The van der Waals surface area contributed by atoms with E-state index in [1.807, 2.05) is 12.1 Å². The number of carboxylic acids is 1. The Hall–Kier alpha value is 0.380. The zero-order chi connectivity index (χ0) is 15.3. The lowest BCUT2D eigenvalue weighted by Gasteiger charge is -2.14. The fourth-order valence-corrected chi connectivity index (χ4v) is 5.21. The maximum absolute atomic E-state index is 10.6. The summed E-state index contributed by atoms with van der Waals surface area (Å²) in [5.74, 6) is -0.218. The van der Waals surface area contributed by atoms with E-state index in [1.54, 1.807) is 0 Å². The van der Waals surface area contributed by atoms with Crippen LogP contribution < -0.4 is 4.74 Å². The summed E-state index contributed by atoms with van der Waals surface area (Å²) in [6, 6.07) is 4.00. The van der Waals surface area contributed by atoms with Crippen LogP contribution in [0.4, 0.5) is 0 Å². The second-order valence-corrected chi connectivity index (χ2v) is 7.66. The van der Waals surface area contributed by atoms with Gasteiger partial charge in [-0.05, 0) is 93.2 Å². The van der Waals surface area contributed by atoms with Crippen molar-refractivity contribution in [3.63, 3.8) is 0 Å². The van der Waals surface area contributed by atoms with E-state index in [2.05, 4.69) is 67.8 Å². The van der Waals surface area contributed by atoms with Crippen molar-refractivity contribution in [2.24, 2.45) is 0 Å². The molecule has 0 saturated heterocycles. The van der Waals surface area contributed by atoms with Gasteiger partial charge in [-0.3, -0.25) is 0 Å². The smallest absolute Gasteiger partial charge is 0.330 e. The van der Waals surface area contributed by atoms with Gasteiger partial charge in [-0.1, -0.05) is 6.08 Å². The Morgan fingerprint density at radius 3 is 2.40 bits per heavy atom. The topological polar surface area (TPSA) is 66.8 Å². The van der Waals surface area contributed by atoms with E-state index in [4.69, 9.17) is 9.84 Å². The van der Waals surface area contributed by atoms with E-state index in [-0.39, 0.29) is 18.6 Å². The number of ether oxygens (including phenoxy) is 1. The molecule has 0 radical (unpaired) electrons. The van der Waals surface area contributed by atoms with Crippen molar-refractivity contribution in [3.05, 3.63) is 34.5 Å². The van der Waals surface area contributed by atoms with Crippen molar-refractivity contribution in [1.29, 1.82) is 0 Å². The fourth-order valence-electron chi connectivity index (χ4n) is 1.31. The summed E-state index contributed by atoms with van der Waals surface area (Å²) in [4.78, 5) is 10.6. The summed E-state index contributed by atoms with van der Waals surface area (Å²) in [5, 5.41) is 18.5. The molecule has 1 rings (SSSR count). The van der Waals surface area contributed by atoms with Gasteiger partial charge in [0.25, 0.3) is 0 Å². The molecule has 1 aromatic rings. The van der Waals surface area contributed by atoms with Gasteiger partial charge in [0, 0.05) is 9.14 Å². The minimum absolute atomic E-state index is 0.135. The molecular weight excluding hydrogens is 601 g/mol. The molecule has 20 heavy (non-hydrogen) atoms. The van der Waals surface area contributed by atoms with Crippen LogP contribution in [0, 0.1) is 10.7 Å². The van der Waals surface area contributed by atoms with Crippen LogP contribution in [0.15, 0.2) is 23.8 Å². The van der Waals surface area contributed by atoms with Gasteiger partial charge in [0.2, 0.25) is 0 Å². The van der Waals surface area contributed by atoms with Crippen molar-refractivity contribution in [1.82, 2.24) is 0 Å². The molecule has 1 atom stereocenters. The van der Waals surface area contributed by atoms with Crippen LogP contribution in [0.3, 0.4) is 0 Å². The van der Waals surface area contributed by atoms with Crippen LogP contribution in [0.1, 0.15) is 13.3 Å². The predicted octanol–water partition coefficient (Wildman–Crippen LogP) is 3.66. The maximum atomic E-state index is 10.6. The molecule has 0 aliphatic carbocycles. The minimum Gasteiger partial charge on any atom is -0.489 e. The first-order valence-corrected chi connectivity index (χ1v) is 8.90. The summed E-state index contributed by atoms with van der Waals surface area (Å²) < 4.78 is 8.74. The van der Waals surface area contributed by atoms with E-state index in [1.165, 1.54) is 13.0 Å². The highest BCUT2D eigenvalue weighted by Gasteiger charge is 2.11. The molecule has 0 amide bonds. The summed E-state index contributed by atoms with van der Waals surface area (Å²) in [6.07, 6.45) is 1.03. The maximum Gasteiger partial charge on any atom is 0.330 e. The molecule has 0 aliphatic rings. The highest BCUT2D eigenvalue weighted by Crippen LogP contribution is 2.29. The molecule has 0 spiro atoms. The Kier molecular flexibility index (Phi) is 8.05. The first-order chi connectivity index (χ1) is 9.31. The third-order valence-electron chi connectivity index (χ3n) is 2.42. The molecule has 0 saturated carbocycles. The number of aliphatic hydroxyl groups is 1. The van der Waals surface area contributed by atoms with Gasteiger partial charge in [0.15, 0.2) is 0 Å². The van der Waals surface area contributed by atoms with E-state index in [0.29, 0.717) is 0 Å². The largest absolute Gasteiger partial charge is 0.489 e. The number of rotatable bonds is 6. The van der Waals surface area contributed by atoms with Crippen molar-refractivity contribution >= 4 is 73.7 Å². The highest BCUT2D eigenvalue weighted by atomic mass is 127. The Labute approximate surface area is 158 Å². The normalized spacial score (nSPS) is 13.2. The molecule has 0 bridgehead atoms. The molecule has 0 aliphatic heterocycles. The molecule has 0 aromatic heterocycles. The Balaban J connectivity index is 2.60. The SMILES string of the molecule is CC(=CCC(O)COc1c(I)cc(I)cc1I)C(=O)O. The molecule has 7 heteroatoms. The standard InChI is InChI=1S/C13H13I3O4/c1-7(13(18)19)2-3-9(17)6-20-12-10(15)4-8(14)5-11(12)16/h2,4-5,9,17H,3,6H2,1H3,(H,18,19). The predicted molar refractivity (Wildman–Crippen MR) is 102 cm³/mol. The fraction of sp³-hybridized carbons (Fsp3) is 0.308. The van der Waals surface area contributed by atoms with E-state index in [0.717, 1.165) is 16.5 Å². The van der Waals surface area contributed by atoms with E-state index >= 15 is 0 Å². The molecule has 1 aromatic carbocycles. The van der Waals surface area contributed by atoms with Crippen molar-refractivity contribution in [3.8, 4) is 5.75 Å². The number of hydrogen-bond acceptors (Lipinski definition) is 3. The number of hydrogen-bond donors (Lipinski definition) is 2. The zero-order valence-electron chi connectivity index (χ0n) is 10.6. The molecule has 110 valence electrons. The minimum atomic E-state index is -0.972. The molecule has 0 fully saturated rings. The lowest BCUT2D eigenvalue weighted by atomic mass is 10.2. The molecular formula is C13H13I3O4. The van der Waals surface area contributed by atoms with Crippen molar-refractivity contribution < 1.29 is 19.7 Å². The number of carboxylic acid groups (broad SMARTS) is 1. The first-order valence-electron chi connectivity index (χ1n) is 5.66. The van der Waals surface area contributed by atoms with Gasteiger partial charge in [-0.2, -0.15) is 0 Å². The third-order valence-corrected chi connectivity index (χ3v) is 4.64. The van der Waals surface area contributed by atoms with Gasteiger partial charge >= 0.3 is 5.97 Å². The van der Waals surface area contributed by atoms with Crippen LogP contribution in [-0.2, 0) is 4.79 Å². The Bertz CT molecular complexity index is 505. The average molecular weight is 614 g/mol. The van der Waals surface area contributed by atoms with Crippen LogP contribution in [0.25, 0.3) is 0 Å². The zero-order valence-corrected chi connectivity index (χ0v) is 17.0. The average Bonchev–Trinajstić information content (AvgIpc) is 2.34. The molecule has 1 unspecified atom stereocenters. The van der Waals surface area contributed by atoms with Crippen LogP contribution in [0.5, 0.6) is 5.75 Å². The summed E-state index contributed by atoms with van der Waals surface area (Å²) in [6.45, 7) is 1.64. The van der Waals surface area contributed by atoms with Crippen LogP contribution in [0.2, 0.25) is 0 Å². The number of benzene rings is 1. The second-order valence-electron chi connectivity index (χ2n) is 4.09. The monoisotopic (exact) mass is 614 g/mol. The van der Waals surface area contributed by atoms with E-state index in [9.17, 15) is 9.90 Å². The quantitative estimate of drug-likeness (QED) is 0.380. The van der Waals surface area contributed by atoms with Gasteiger partial charge < -0.3 is 14.9 Å². The lowest BCUT2D eigenvalue weighted by molar-refractivity contribution is -0.132. The number of halogens is 3. The first kappa shape index (κ1) is 18.4. The number of aliphatic hydroxyl groups excluding tert-OH is 1. The summed E-state index contributed by atoms with van der Waals surface area (Å²) >= 11 is 6.62.